The molecule has 1 fully saturated rings. The summed E-state index contributed by atoms with van der Waals surface area (Å²) in [6.45, 7) is 6.93. The molecule has 25 heavy (non-hydrogen) atoms. The number of nitrogens with zero attached hydrogens (tertiary/aromatic N) is 2. The fraction of sp³-hybridized carbons (Fsp3) is 0.619. The van der Waals surface area contributed by atoms with Gasteiger partial charge in [0.1, 0.15) is 11.8 Å². The number of amides is 1. The number of para-hydroxylation sites is 1. The summed E-state index contributed by atoms with van der Waals surface area (Å²) in [7, 11) is 0. The number of benzene rings is 1. The van der Waals surface area contributed by atoms with Gasteiger partial charge < -0.3 is 4.74 Å². The van der Waals surface area contributed by atoms with Gasteiger partial charge in [0.15, 0.2) is 0 Å². The van der Waals surface area contributed by atoms with Gasteiger partial charge in [-0.15, -0.1) is 0 Å². The van der Waals surface area contributed by atoms with Gasteiger partial charge in [0.25, 0.3) is 0 Å². The van der Waals surface area contributed by atoms with Crippen LogP contribution in [0.15, 0.2) is 18.2 Å². The van der Waals surface area contributed by atoms with Gasteiger partial charge in [0.05, 0.1) is 25.2 Å². The van der Waals surface area contributed by atoms with Gasteiger partial charge in [-0.1, -0.05) is 31.9 Å². The van der Waals surface area contributed by atoms with Crippen molar-refractivity contribution < 1.29 is 14.0 Å². The number of carbonyl (C=O) groups excluding carboxylic acids is 1. The lowest BCUT2D eigenvalue weighted by atomic mass is 10.0. The number of aryl methyl sites for hydroxylation is 1. The molecule has 1 aromatic rings. The predicted octanol–water partition coefficient (Wildman–Crippen LogP) is 4.35. The van der Waals surface area contributed by atoms with E-state index in [-0.39, 0.29) is 12.5 Å². The van der Waals surface area contributed by atoms with Crippen molar-refractivity contribution in [2.45, 2.75) is 58.8 Å². The molecule has 0 aliphatic carbocycles. The van der Waals surface area contributed by atoms with E-state index >= 15 is 0 Å². The van der Waals surface area contributed by atoms with Crippen LogP contribution in [0.4, 0.5) is 0 Å². The maximum absolute atomic E-state index is 13.1. The molecule has 0 N–H and O–H groups in total. The molecule has 1 aliphatic heterocycles. The molecule has 0 bridgehead atoms. The third-order valence-corrected chi connectivity index (χ3v) is 5.31. The highest BCUT2D eigenvalue weighted by Crippen LogP contribution is 2.24. The van der Waals surface area contributed by atoms with Gasteiger partial charge in [-0.3, -0.25) is 4.48 Å². The third-order valence-electron chi connectivity index (χ3n) is 5.31. The van der Waals surface area contributed by atoms with Crippen LogP contribution in [0, 0.1) is 18.3 Å². The second-order valence-corrected chi connectivity index (χ2v) is 7.18. The molecule has 0 unspecified atom stereocenters. The van der Waals surface area contributed by atoms with E-state index in [1.165, 1.54) is 19.3 Å². The molecule has 0 radical (unpaired) electrons. The molecule has 1 saturated heterocycles. The van der Waals surface area contributed by atoms with Gasteiger partial charge >= 0.3 is 5.91 Å². The lowest BCUT2D eigenvalue weighted by Gasteiger charge is -2.37. The van der Waals surface area contributed by atoms with E-state index in [4.69, 9.17) is 4.74 Å². The van der Waals surface area contributed by atoms with Crippen LogP contribution in [-0.4, -0.2) is 36.6 Å². The van der Waals surface area contributed by atoms with Crippen molar-refractivity contribution in [3.05, 3.63) is 29.3 Å². The lowest BCUT2D eigenvalue weighted by molar-refractivity contribution is -0.856. The van der Waals surface area contributed by atoms with Gasteiger partial charge in [0, 0.05) is 0 Å². The molecule has 1 aliphatic rings. The zero-order valence-electron chi connectivity index (χ0n) is 15.7. The topological polar surface area (TPSA) is 50.1 Å². The van der Waals surface area contributed by atoms with Crippen LogP contribution in [0.1, 0.15) is 63.0 Å². The van der Waals surface area contributed by atoms with Crippen LogP contribution in [0.3, 0.4) is 0 Å². The van der Waals surface area contributed by atoms with Crippen molar-refractivity contribution in [2.75, 3.05) is 26.2 Å². The van der Waals surface area contributed by atoms with Gasteiger partial charge in [-0.25, -0.2) is 4.79 Å². The Labute approximate surface area is 152 Å². The predicted molar refractivity (Wildman–Crippen MR) is 99.3 cm³/mol. The highest BCUT2D eigenvalue weighted by atomic mass is 16.5. The molecule has 1 amide bonds. The van der Waals surface area contributed by atoms with Crippen molar-refractivity contribution in [3.63, 3.8) is 0 Å². The molecule has 0 spiro atoms. The molecule has 1 heterocycles. The first-order valence-corrected chi connectivity index (χ1v) is 9.65. The van der Waals surface area contributed by atoms with Crippen LogP contribution >= 0.6 is 0 Å². The summed E-state index contributed by atoms with van der Waals surface area (Å²) in [5, 5.41) is 9.27. The third kappa shape index (κ3) is 5.06. The Morgan fingerprint density at radius 1 is 1.20 bits per heavy atom. The van der Waals surface area contributed by atoms with E-state index in [0.717, 1.165) is 50.9 Å². The fourth-order valence-corrected chi connectivity index (χ4v) is 3.73. The number of quaternary nitrogens is 1. The van der Waals surface area contributed by atoms with Crippen molar-refractivity contribution in [3.8, 4) is 11.8 Å². The number of hydrogen-bond acceptors (Lipinski definition) is 3. The summed E-state index contributed by atoms with van der Waals surface area (Å²) in [4.78, 5) is 13.1. The highest BCUT2D eigenvalue weighted by molar-refractivity contribution is 5.71. The maximum Gasteiger partial charge on any atom is 0.351 e. The molecule has 0 atom stereocenters. The molecule has 0 aromatic heterocycles. The van der Waals surface area contributed by atoms with E-state index in [1.807, 2.05) is 19.1 Å². The lowest BCUT2D eigenvalue weighted by Crippen LogP contribution is -2.56. The largest absolute Gasteiger partial charge is 0.478 e. The molecule has 136 valence electrons. The van der Waals surface area contributed by atoms with Gasteiger partial charge in [-0.2, -0.15) is 5.26 Å². The minimum absolute atomic E-state index is 0.0588. The summed E-state index contributed by atoms with van der Waals surface area (Å²) < 4.78 is 6.42. The van der Waals surface area contributed by atoms with Crippen molar-refractivity contribution in [1.29, 1.82) is 5.26 Å². The number of ether oxygens (including phenoxy) is 1. The standard InChI is InChI=1S/C21H31N2O2/c1-3-4-13-23(14-8-6-5-7-9-15-23)20(24)17-25-21-18(2)11-10-12-19(21)16-22/h10-12H,3-9,13-15,17H2,1-2H3/q+1. The van der Waals surface area contributed by atoms with E-state index in [0.29, 0.717) is 15.8 Å². The van der Waals surface area contributed by atoms with Crippen molar-refractivity contribution in [1.82, 2.24) is 0 Å². The van der Waals surface area contributed by atoms with Gasteiger partial charge in [0.2, 0.25) is 6.61 Å². The monoisotopic (exact) mass is 343 g/mol. The molecule has 2 rings (SSSR count). The Balaban J connectivity index is 2.13. The quantitative estimate of drug-likeness (QED) is 0.721. The summed E-state index contributed by atoms with van der Waals surface area (Å²) in [5.74, 6) is 0.724. The average molecular weight is 343 g/mol. The smallest absolute Gasteiger partial charge is 0.351 e. The van der Waals surface area contributed by atoms with Crippen LogP contribution in [-0.2, 0) is 4.79 Å². The van der Waals surface area contributed by atoms with Crippen LogP contribution in [0.5, 0.6) is 5.75 Å². The minimum atomic E-state index is 0.0588. The summed E-state index contributed by atoms with van der Waals surface area (Å²) >= 11 is 0. The summed E-state index contributed by atoms with van der Waals surface area (Å²) in [6.07, 6.45) is 8.12. The number of unbranched alkanes of at least 4 members (excludes halogenated alkanes) is 1. The molecular weight excluding hydrogens is 312 g/mol. The van der Waals surface area contributed by atoms with Crippen molar-refractivity contribution in [2.24, 2.45) is 0 Å². The van der Waals surface area contributed by atoms with Crippen LogP contribution < -0.4 is 4.74 Å². The Morgan fingerprint density at radius 3 is 2.52 bits per heavy atom. The molecule has 0 saturated carbocycles. The maximum atomic E-state index is 13.1. The Hall–Kier alpha value is -1.86. The molecule has 4 nitrogen and oxygen atoms in total. The van der Waals surface area contributed by atoms with Crippen LogP contribution in [0.2, 0.25) is 0 Å². The van der Waals surface area contributed by atoms with E-state index in [1.54, 1.807) is 6.07 Å². The molecular formula is C21H31N2O2+. The summed E-state index contributed by atoms with van der Waals surface area (Å²) in [5.41, 5.74) is 1.40. The van der Waals surface area contributed by atoms with E-state index in [2.05, 4.69) is 13.0 Å². The fourth-order valence-electron chi connectivity index (χ4n) is 3.73. The molecule has 4 heteroatoms. The highest BCUT2D eigenvalue weighted by Gasteiger charge is 2.36. The Kier molecular flexibility index (Phi) is 7.46. The molecule has 1 aromatic carbocycles. The zero-order valence-corrected chi connectivity index (χ0v) is 15.7. The summed E-state index contributed by atoms with van der Waals surface area (Å²) in [6, 6.07) is 7.66. The van der Waals surface area contributed by atoms with Gasteiger partial charge in [-0.05, 0) is 50.7 Å². The second-order valence-electron chi connectivity index (χ2n) is 7.18. The average Bonchev–Trinajstić information content (AvgIpc) is 2.59. The first-order chi connectivity index (χ1) is 12.1. The van der Waals surface area contributed by atoms with Crippen LogP contribution in [0.25, 0.3) is 0 Å². The first kappa shape index (κ1) is 19.5. The Bertz CT molecular complexity index is 605. The normalized spacial score (nSPS) is 17.2. The number of hydrogen-bond donors (Lipinski definition) is 0. The number of rotatable bonds is 6. The number of carbonyl (C=O) groups is 1. The first-order valence-electron chi connectivity index (χ1n) is 9.65. The van der Waals surface area contributed by atoms with E-state index in [9.17, 15) is 10.1 Å². The second kappa shape index (κ2) is 9.58. The zero-order chi connectivity index (χ0) is 18.1. The number of likely N-dealkylation sites (tertiary alicyclic amines) is 1. The SMILES string of the molecule is CCCC[N+]1(C(=O)COc2c(C)cccc2C#N)CCCCCCC1. The van der Waals surface area contributed by atoms with E-state index < -0.39 is 0 Å². The number of nitriles is 1. The Morgan fingerprint density at radius 2 is 1.88 bits per heavy atom. The van der Waals surface area contributed by atoms with Crippen molar-refractivity contribution >= 4 is 5.91 Å². The minimum Gasteiger partial charge on any atom is -0.478 e.